The zero-order valence-electron chi connectivity index (χ0n) is 10.2. The average Bonchev–Trinajstić information content (AvgIpc) is 2.64. The van der Waals surface area contributed by atoms with E-state index in [1.807, 2.05) is 0 Å². The van der Waals surface area contributed by atoms with Crippen LogP contribution in [-0.4, -0.2) is 62.0 Å². The van der Waals surface area contributed by atoms with Crippen molar-refractivity contribution in [3.63, 3.8) is 0 Å². The SMILES string of the molecule is CN1CCOC(CNCC2CCC(O)C2)C1. The number of nitrogens with one attached hydrogen (secondary N) is 1. The zero-order chi connectivity index (χ0) is 11.4. The molecule has 2 rings (SSSR count). The molecule has 2 aliphatic rings. The molecule has 0 aromatic carbocycles. The standard InChI is InChI=1S/C12H24N2O2/c1-14-4-5-16-12(9-14)8-13-7-10-2-3-11(15)6-10/h10-13,15H,2-9H2,1H3. The van der Waals surface area contributed by atoms with Crippen molar-refractivity contribution in [3.8, 4) is 0 Å². The van der Waals surface area contributed by atoms with E-state index in [1.54, 1.807) is 0 Å². The maximum absolute atomic E-state index is 9.42. The van der Waals surface area contributed by atoms with Crippen LogP contribution in [0.25, 0.3) is 0 Å². The van der Waals surface area contributed by atoms with Gasteiger partial charge in [0.05, 0.1) is 18.8 Å². The van der Waals surface area contributed by atoms with Crippen molar-refractivity contribution in [3.05, 3.63) is 0 Å². The van der Waals surface area contributed by atoms with Gasteiger partial charge >= 0.3 is 0 Å². The molecule has 1 aliphatic carbocycles. The number of aliphatic hydroxyl groups excluding tert-OH is 1. The summed E-state index contributed by atoms with van der Waals surface area (Å²) in [4.78, 5) is 2.31. The molecule has 94 valence electrons. The molecule has 0 aromatic heterocycles. The Morgan fingerprint density at radius 1 is 1.38 bits per heavy atom. The molecule has 0 bridgehead atoms. The second kappa shape index (κ2) is 5.96. The topological polar surface area (TPSA) is 44.7 Å². The minimum Gasteiger partial charge on any atom is -0.393 e. The van der Waals surface area contributed by atoms with Crippen molar-refractivity contribution < 1.29 is 9.84 Å². The van der Waals surface area contributed by atoms with Gasteiger partial charge in [0.2, 0.25) is 0 Å². The predicted molar refractivity (Wildman–Crippen MR) is 63.5 cm³/mol. The van der Waals surface area contributed by atoms with Crippen LogP contribution < -0.4 is 5.32 Å². The molecule has 2 fully saturated rings. The van der Waals surface area contributed by atoms with Crippen molar-refractivity contribution in [1.82, 2.24) is 10.2 Å². The predicted octanol–water partition coefficient (Wildman–Crippen LogP) is 0.0676. The fourth-order valence-electron chi connectivity index (χ4n) is 2.67. The Morgan fingerprint density at radius 2 is 2.25 bits per heavy atom. The quantitative estimate of drug-likeness (QED) is 0.714. The Balaban J connectivity index is 1.57. The van der Waals surface area contributed by atoms with E-state index in [4.69, 9.17) is 4.74 Å². The van der Waals surface area contributed by atoms with Gasteiger partial charge in [0.1, 0.15) is 0 Å². The molecule has 16 heavy (non-hydrogen) atoms. The lowest BCUT2D eigenvalue weighted by molar-refractivity contribution is -0.0183. The van der Waals surface area contributed by atoms with E-state index >= 15 is 0 Å². The Kier molecular flexibility index (Phi) is 4.58. The van der Waals surface area contributed by atoms with Crippen LogP contribution >= 0.6 is 0 Å². The summed E-state index contributed by atoms with van der Waals surface area (Å²) in [7, 11) is 2.14. The van der Waals surface area contributed by atoms with Crippen LogP contribution in [0.1, 0.15) is 19.3 Å². The second-order valence-corrected chi connectivity index (χ2v) is 5.25. The molecule has 3 atom stereocenters. The van der Waals surface area contributed by atoms with Crippen molar-refractivity contribution in [2.45, 2.75) is 31.5 Å². The van der Waals surface area contributed by atoms with E-state index in [9.17, 15) is 5.11 Å². The first-order chi connectivity index (χ1) is 7.74. The lowest BCUT2D eigenvalue weighted by Crippen LogP contribution is -2.45. The summed E-state index contributed by atoms with van der Waals surface area (Å²) >= 11 is 0. The molecule has 0 aromatic rings. The molecule has 2 N–H and O–H groups in total. The number of ether oxygens (including phenoxy) is 1. The molecule has 4 nitrogen and oxygen atoms in total. The molecule has 4 heteroatoms. The zero-order valence-corrected chi connectivity index (χ0v) is 10.2. The monoisotopic (exact) mass is 228 g/mol. The molecule has 1 saturated heterocycles. The lowest BCUT2D eigenvalue weighted by Gasteiger charge is -2.30. The highest BCUT2D eigenvalue weighted by Crippen LogP contribution is 2.24. The fourth-order valence-corrected chi connectivity index (χ4v) is 2.67. The Morgan fingerprint density at radius 3 is 2.94 bits per heavy atom. The molecule has 0 radical (unpaired) electrons. The average molecular weight is 228 g/mol. The number of likely N-dealkylation sites (N-methyl/N-ethyl adjacent to an activating group) is 1. The van der Waals surface area contributed by atoms with Gasteiger partial charge in [-0.15, -0.1) is 0 Å². The highest BCUT2D eigenvalue weighted by atomic mass is 16.5. The molecule has 1 saturated carbocycles. The first-order valence-corrected chi connectivity index (χ1v) is 6.43. The van der Waals surface area contributed by atoms with Crippen molar-refractivity contribution in [2.24, 2.45) is 5.92 Å². The van der Waals surface area contributed by atoms with E-state index in [1.165, 1.54) is 6.42 Å². The van der Waals surface area contributed by atoms with Crippen LogP contribution in [-0.2, 0) is 4.74 Å². The van der Waals surface area contributed by atoms with Gasteiger partial charge in [-0.2, -0.15) is 0 Å². The molecule has 1 heterocycles. The maximum Gasteiger partial charge on any atom is 0.0826 e. The second-order valence-electron chi connectivity index (χ2n) is 5.25. The summed E-state index contributed by atoms with van der Waals surface area (Å²) < 4.78 is 5.68. The number of aliphatic hydroxyl groups is 1. The number of nitrogens with zero attached hydrogens (tertiary/aromatic N) is 1. The largest absolute Gasteiger partial charge is 0.393 e. The van der Waals surface area contributed by atoms with Crippen LogP contribution in [0.2, 0.25) is 0 Å². The Hall–Kier alpha value is -0.160. The molecule has 1 aliphatic heterocycles. The minimum atomic E-state index is -0.0520. The highest BCUT2D eigenvalue weighted by Gasteiger charge is 2.23. The van der Waals surface area contributed by atoms with Crippen LogP contribution in [0, 0.1) is 5.92 Å². The van der Waals surface area contributed by atoms with Crippen LogP contribution in [0.15, 0.2) is 0 Å². The number of rotatable bonds is 4. The third kappa shape index (κ3) is 3.70. The van der Waals surface area contributed by atoms with Gasteiger partial charge in [0.15, 0.2) is 0 Å². The minimum absolute atomic E-state index is 0.0520. The third-order valence-corrected chi connectivity index (χ3v) is 3.66. The normalized spacial score (nSPS) is 36.8. The number of morpholine rings is 1. The van der Waals surface area contributed by atoms with Gasteiger partial charge in [0.25, 0.3) is 0 Å². The summed E-state index contributed by atoms with van der Waals surface area (Å²) in [5.74, 6) is 0.663. The van der Waals surface area contributed by atoms with E-state index < -0.39 is 0 Å². The van der Waals surface area contributed by atoms with Crippen LogP contribution in [0.4, 0.5) is 0 Å². The lowest BCUT2D eigenvalue weighted by atomic mass is 10.1. The van der Waals surface area contributed by atoms with Gasteiger partial charge in [-0.05, 0) is 38.8 Å². The van der Waals surface area contributed by atoms with Crippen molar-refractivity contribution in [1.29, 1.82) is 0 Å². The van der Waals surface area contributed by atoms with Gasteiger partial charge in [-0.25, -0.2) is 0 Å². The first kappa shape index (κ1) is 12.3. The maximum atomic E-state index is 9.42. The van der Waals surface area contributed by atoms with E-state index in [0.29, 0.717) is 12.0 Å². The number of hydrogen-bond donors (Lipinski definition) is 2. The van der Waals surface area contributed by atoms with Gasteiger partial charge in [-0.3, -0.25) is 0 Å². The summed E-state index contributed by atoms with van der Waals surface area (Å²) in [5.41, 5.74) is 0. The molecular weight excluding hydrogens is 204 g/mol. The van der Waals surface area contributed by atoms with Gasteiger partial charge < -0.3 is 20.1 Å². The fraction of sp³-hybridized carbons (Fsp3) is 1.00. The van der Waals surface area contributed by atoms with Crippen molar-refractivity contribution >= 4 is 0 Å². The summed E-state index contributed by atoms with van der Waals surface area (Å²) in [6.07, 6.45) is 3.40. The Bertz CT molecular complexity index is 213. The third-order valence-electron chi connectivity index (χ3n) is 3.66. The van der Waals surface area contributed by atoms with E-state index in [-0.39, 0.29) is 6.10 Å². The Labute approximate surface area is 98.0 Å². The first-order valence-electron chi connectivity index (χ1n) is 6.43. The van der Waals surface area contributed by atoms with E-state index in [2.05, 4.69) is 17.3 Å². The molecule has 0 amide bonds. The molecule has 3 unspecified atom stereocenters. The van der Waals surface area contributed by atoms with Gasteiger partial charge in [-0.1, -0.05) is 0 Å². The highest BCUT2D eigenvalue weighted by molar-refractivity contribution is 4.77. The van der Waals surface area contributed by atoms with E-state index in [0.717, 1.165) is 45.6 Å². The molecular formula is C12H24N2O2. The summed E-state index contributed by atoms with van der Waals surface area (Å²) in [6.45, 7) is 4.90. The smallest absolute Gasteiger partial charge is 0.0826 e. The van der Waals surface area contributed by atoms with Crippen LogP contribution in [0.3, 0.4) is 0 Å². The molecule has 0 spiro atoms. The number of hydrogen-bond acceptors (Lipinski definition) is 4. The van der Waals surface area contributed by atoms with Crippen LogP contribution in [0.5, 0.6) is 0 Å². The van der Waals surface area contributed by atoms with Gasteiger partial charge in [0, 0.05) is 19.6 Å². The summed E-state index contributed by atoms with van der Waals surface area (Å²) in [6, 6.07) is 0. The summed E-state index contributed by atoms with van der Waals surface area (Å²) in [5, 5.41) is 12.9. The van der Waals surface area contributed by atoms with Crippen molar-refractivity contribution in [2.75, 3.05) is 39.8 Å².